The number of methoxy groups -OCH3 is 1. The van der Waals surface area contributed by atoms with E-state index in [1.165, 1.54) is 5.69 Å². The van der Waals surface area contributed by atoms with Gasteiger partial charge in [0.15, 0.2) is 11.7 Å². The van der Waals surface area contributed by atoms with Gasteiger partial charge in [0.25, 0.3) is 0 Å². The molecule has 1 saturated heterocycles. The molecule has 0 spiro atoms. The van der Waals surface area contributed by atoms with Crippen molar-refractivity contribution < 1.29 is 9.26 Å². The minimum Gasteiger partial charge on any atom is -0.497 e. The van der Waals surface area contributed by atoms with Crippen LogP contribution in [0.1, 0.15) is 44.6 Å². The summed E-state index contributed by atoms with van der Waals surface area (Å²) in [5.41, 5.74) is 2.24. The van der Waals surface area contributed by atoms with Crippen molar-refractivity contribution in [2.45, 2.75) is 39.7 Å². The van der Waals surface area contributed by atoms with Gasteiger partial charge in [0.05, 0.1) is 12.8 Å². The number of aliphatic imine (C=N–C) groups is 1. The van der Waals surface area contributed by atoms with Crippen molar-refractivity contribution in [2.75, 3.05) is 57.8 Å². The molecular formula is C24H38N6O2. The second kappa shape index (κ2) is 12.3. The lowest BCUT2D eigenvalue weighted by Gasteiger charge is -2.36. The van der Waals surface area contributed by atoms with Crippen molar-refractivity contribution >= 4 is 11.6 Å². The van der Waals surface area contributed by atoms with Crippen molar-refractivity contribution in [1.82, 2.24) is 20.7 Å². The number of rotatable bonds is 10. The number of benzene rings is 1. The average molecular weight is 443 g/mol. The van der Waals surface area contributed by atoms with E-state index in [4.69, 9.17) is 9.26 Å². The normalized spacial score (nSPS) is 15.3. The number of guanidine groups is 1. The Bertz CT molecular complexity index is 825. The molecule has 1 aliphatic heterocycles. The highest BCUT2D eigenvalue weighted by Crippen LogP contribution is 2.20. The maximum atomic E-state index is 5.38. The number of piperazine rings is 1. The third-order valence-electron chi connectivity index (χ3n) is 5.66. The Kier molecular flexibility index (Phi) is 9.22. The molecule has 2 heterocycles. The number of nitrogens with one attached hydrogen (secondary N) is 2. The maximum Gasteiger partial charge on any atom is 0.191 e. The van der Waals surface area contributed by atoms with Gasteiger partial charge >= 0.3 is 0 Å². The zero-order valence-electron chi connectivity index (χ0n) is 19.9. The van der Waals surface area contributed by atoms with Gasteiger partial charge in [-0.3, -0.25) is 4.90 Å². The lowest BCUT2D eigenvalue weighted by Crippen LogP contribution is -2.47. The van der Waals surface area contributed by atoms with Gasteiger partial charge < -0.3 is 24.8 Å². The maximum absolute atomic E-state index is 5.38. The second-order valence-electron chi connectivity index (χ2n) is 8.37. The molecular weight excluding hydrogens is 404 g/mol. The third kappa shape index (κ3) is 7.15. The summed E-state index contributed by atoms with van der Waals surface area (Å²) in [6.45, 7) is 13.9. The van der Waals surface area contributed by atoms with Crippen LogP contribution in [0.3, 0.4) is 0 Å². The minimum absolute atomic E-state index is 0.362. The Morgan fingerprint density at radius 1 is 1.16 bits per heavy atom. The highest BCUT2D eigenvalue weighted by Gasteiger charge is 2.17. The Hall–Kier alpha value is -2.74. The minimum atomic E-state index is 0.362. The van der Waals surface area contributed by atoms with Crippen LogP contribution >= 0.6 is 0 Å². The summed E-state index contributed by atoms with van der Waals surface area (Å²) < 4.78 is 10.6. The van der Waals surface area contributed by atoms with Gasteiger partial charge in [-0.05, 0) is 50.1 Å². The van der Waals surface area contributed by atoms with Crippen LogP contribution in [0.15, 0.2) is 39.8 Å². The summed E-state index contributed by atoms with van der Waals surface area (Å²) in [5, 5.41) is 10.8. The topological polar surface area (TPSA) is 78.2 Å². The molecule has 0 amide bonds. The lowest BCUT2D eigenvalue weighted by molar-refractivity contribution is 0.255. The van der Waals surface area contributed by atoms with E-state index >= 15 is 0 Å². The van der Waals surface area contributed by atoms with Gasteiger partial charge in [0.1, 0.15) is 12.3 Å². The van der Waals surface area contributed by atoms with Crippen molar-refractivity contribution in [1.29, 1.82) is 0 Å². The summed E-state index contributed by atoms with van der Waals surface area (Å²) in [7, 11) is 1.70. The number of hydrogen-bond donors (Lipinski definition) is 2. The fourth-order valence-electron chi connectivity index (χ4n) is 3.71. The van der Waals surface area contributed by atoms with Gasteiger partial charge in [-0.25, -0.2) is 4.99 Å². The molecule has 2 N–H and O–H groups in total. The van der Waals surface area contributed by atoms with E-state index in [1.54, 1.807) is 7.11 Å². The molecule has 2 aromatic rings. The highest BCUT2D eigenvalue weighted by atomic mass is 16.5. The molecule has 0 bridgehead atoms. The second-order valence-corrected chi connectivity index (χ2v) is 8.37. The van der Waals surface area contributed by atoms with Crippen LogP contribution in [0, 0.1) is 0 Å². The number of hydrogen-bond acceptors (Lipinski definition) is 6. The highest BCUT2D eigenvalue weighted by molar-refractivity contribution is 5.79. The number of nitrogens with zero attached hydrogens (tertiary/aromatic N) is 4. The molecule has 0 unspecified atom stereocenters. The number of ether oxygens (including phenoxy) is 1. The molecule has 176 valence electrons. The molecule has 1 aliphatic rings. The average Bonchev–Trinajstić information content (AvgIpc) is 3.30. The van der Waals surface area contributed by atoms with E-state index in [2.05, 4.69) is 63.5 Å². The first-order chi connectivity index (χ1) is 15.6. The van der Waals surface area contributed by atoms with E-state index in [0.717, 1.165) is 75.4 Å². The molecule has 1 aromatic carbocycles. The largest absolute Gasteiger partial charge is 0.497 e. The van der Waals surface area contributed by atoms with Crippen LogP contribution < -0.4 is 20.3 Å². The first-order valence-corrected chi connectivity index (χ1v) is 11.7. The molecule has 8 nitrogen and oxygen atoms in total. The fraction of sp³-hybridized carbons (Fsp3) is 0.583. The van der Waals surface area contributed by atoms with E-state index < -0.39 is 0 Å². The Morgan fingerprint density at radius 3 is 2.53 bits per heavy atom. The fourth-order valence-corrected chi connectivity index (χ4v) is 3.71. The van der Waals surface area contributed by atoms with Crippen LogP contribution in [-0.2, 0) is 6.54 Å². The lowest BCUT2D eigenvalue weighted by atomic mass is 10.1. The third-order valence-corrected chi connectivity index (χ3v) is 5.66. The van der Waals surface area contributed by atoms with Gasteiger partial charge in [-0.1, -0.05) is 19.0 Å². The smallest absolute Gasteiger partial charge is 0.191 e. The summed E-state index contributed by atoms with van der Waals surface area (Å²) >= 11 is 0. The summed E-state index contributed by atoms with van der Waals surface area (Å²) in [5.74, 6) is 2.88. The van der Waals surface area contributed by atoms with Gasteiger partial charge in [0.2, 0.25) is 0 Å². The predicted octanol–water partition coefficient (Wildman–Crippen LogP) is 3.07. The monoisotopic (exact) mass is 442 g/mol. The summed E-state index contributed by atoms with van der Waals surface area (Å²) in [6.07, 6.45) is 1.08. The Morgan fingerprint density at radius 2 is 1.91 bits per heavy atom. The molecule has 1 fully saturated rings. The first kappa shape index (κ1) is 23.9. The molecule has 0 saturated carbocycles. The van der Waals surface area contributed by atoms with E-state index in [-0.39, 0.29) is 0 Å². The van der Waals surface area contributed by atoms with Gasteiger partial charge in [-0.2, -0.15) is 0 Å². The quantitative estimate of drug-likeness (QED) is 0.333. The molecule has 3 rings (SSSR count). The Labute approximate surface area is 192 Å². The molecule has 1 aromatic heterocycles. The van der Waals surface area contributed by atoms with Crippen molar-refractivity contribution in [2.24, 2.45) is 4.99 Å². The summed E-state index contributed by atoms with van der Waals surface area (Å²) in [6, 6.07) is 10.3. The van der Waals surface area contributed by atoms with Gasteiger partial charge in [0, 0.05) is 51.0 Å². The molecule has 0 atom stereocenters. The first-order valence-electron chi connectivity index (χ1n) is 11.7. The number of aromatic nitrogens is 1. The van der Waals surface area contributed by atoms with Crippen LogP contribution in [-0.4, -0.2) is 68.9 Å². The molecule has 0 radical (unpaired) electrons. The van der Waals surface area contributed by atoms with E-state index in [0.29, 0.717) is 12.5 Å². The van der Waals surface area contributed by atoms with E-state index in [9.17, 15) is 0 Å². The van der Waals surface area contributed by atoms with Crippen LogP contribution in [0.5, 0.6) is 5.75 Å². The molecule has 8 heteroatoms. The van der Waals surface area contributed by atoms with Gasteiger partial charge in [-0.15, -0.1) is 0 Å². The van der Waals surface area contributed by atoms with Crippen molar-refractivity contribution in [3.8, 4) is 5.75 Å². The predicted molar refractivity (Wildman–Crippen MR) is 130 cm³/mol. The standard InChI is InChI=1S/C24H38N6O2/c1-5-25-24(27-18-22-17-23(19(2)3)28-32-22)26-11-6-12-29-13-15-30(16-14-29)20-7-9-21(31-4)10-8-20/h7-10,17,19H,5-6,11-16,18H2,1-4H3,(H2,25,26,27). The van der Waals surface area contributed by atoms with Crippen LogP contribution in [0.25, 0.3) is 0 Å². The molecule has 32 heavy (non-hydrogen) atoms. The molecule has 0 aliphatic carbocycles. The van der Waals surface area contributed by atoms with Crippen LogP contribution in [0.4, 0.5) is 5.69 Å². The summed E-state index contributed by atoms with van der Waals surface area (Å²) in [4.78, 5) is 9.61. The SMILES string of the molecule is CCNC(=NCc1cc(C(C)C)no1)NCCCN1CCN(c2ccc(OC)cc2)CC1. The zero-order chi connectivity index (χ0) is 22.8. The van der Waals surface area contributed by atoms with Crippen molar-refractivity contribution in [3.05, 3.63) is 41.8 Å². The number of anilines is 1. The Balaban J connectivity index is 1.36. The zero-order valence-corrected chi connectivity index (χ0v) is 19.9. The van der Waals surface area contributed by atoms with Crippen molar-refractivity contribution in [3.63, 3.8) is 0 Å². The van der Waals surface area contributed by atoms with Crippen LogP contribution in [0.2, 0.25) is 0 Å². The van der Waals surface area contributed by atoms with E-state index in [1.807, 2.05) is 18.2 Å².